The van der Waals surface area contributed by atoms with Gasteiger partial charge in [0.15, 0.2) is 9.84 Å². The Balaban J connectivity index is 1.42. The van der Waals surface area contributed by atoms with Gasteiger partial charge in [0.2, 0.25) is 0 Å². The monoisotopic (exact) mass is 463 g/mol. The van der Waals surface area contributed by atoms with Crippen LogP contribution in [0.15, 0.2) is 52.4 Å². The minimum Gasteiger partial charge on any atom is -0.507 e. The van der Waals surface area contributed by atoms with E-state index in [1.165, 1.54) is 12.1 Å². The van der Waals surface area contributed by atoms with Gasteiger partial charge in [-0.2, -0.15) is 0 Å². The lowest BCUT2D eigenvalue weighted by atomic mass is 9.86. The largest absolute Gasteiger partial charge is 0.507 e. The summed E-state index contributed by atoms with van der Waals surface area (Å²) < 4.78 is 23.0. The van der Waals surface area contributed by atoms with Crippen LogP contribution in [0.25, 0.3) is 0 Å². The summed E-state index contributed by atoms with van der Waals surface area (Å²) in [6, 6.07) is 10.7. The van der Waals surface area contributed by atoms with Crippen LogP contribution in [0.4, 0.5) is 10.5 Å². The minimum atomic E-state index is -3.26. The van der Waals surface area contributed by atoms with Gasteiger partial charge in [-0.3, -0.25) is 4.99 Å². The maximum absolute atomic E-state index is 12.2. The smallest absolute Gasteiger partial charge is 0.319 e. The van der Waals surface area contributed by atoms with E-state index in [2.05, 4.69) is 15.6 Å². The number of halogens is 1. The topological polar surface area (TPSA) is 108 Å². The summed E-state index contributed by atoms with van der Waals surface area (Å²) in [6.07, 6.45) is 6.42. The number of hydrogen-bond donors (Lipinski definition) is 3. The molecule has 2 amide bonds. The summed E-state index contributed by atoms with van der Waals surface area (Å²) in [4.78, 5) is 16.9. The fraction of sp³-hybridized carbons (Fsp3) is 0.364. The second-order valence-electron chi connectivity index (χ2n) is 7.81. The molecular formula is C22H26ClN3O4S. The summed E-state index contributed by atoms with van der Waals surface area (Å²) in [5.74, 6) is 0.584. The van der Waals surface area contributed by atoms with E-state index in [9.17, 15) is 18.3 Å². The lowest BCUT2D eigenvalue weighted by Gasteiger charge is -2.28. The van der Waals surface area contributed by atoms with Gasteiger partial charge in [-0.25, -0.2) is 13.2 Å². The van der Waals surface area contributed by atoms with Gasteiger partial charge in [0.05, 0.1) is 4.90 Å². The first-order valence-electron chi connectivity index (χ1n) is 10.1. The Morgan fingerprint density at radius 2 is 1.84 bits per heavy atom. The van der Waals surface area contributed by atoms with E-state index < -0.39 is 9.84 Å². The van der Waals surface area contributed by atoms with Gasteiger partial charge in [-0.1, -0.05) is 11.6 Å². The zero-order valence-corrected chi connectivity index (χ0v) is 18.8. The zero-order valence-electron chi connectivity index (χ0n) is 17.2. The summed E-state index contributed by atoms with van der Waals surface area (Å²) in [6.45, 7) is 0.664. The average molecular weight is 464 g/mol. The normalized spacial score (nSPS) is 19.3. The standard InChI is InChI=1S/C22H26ClN3O4S/c1-31(29,30)20-9-7-19(8-10-20)26-22(28)25-18-5-2-15(3-6-18)13-24-14-16-12-17(23)4-11-21(16)27/h4,7-12,14-15,18,27H,2-3,5-6,13H2,1H3,(H2,25,26,28). The summed E-state index contributed by atoms with van der Waals surface area (Å²) in [5.41, 5.74) is 1.14. The molecule has 1 saturated carbocycles. The van der Waals surface area contributed by atoms with Crippen LogP contribution < -0.4 is 10.6 Å². The van der Waals surface area contributed by atoms with Gasteiger partial charge in [0.25, 0.3) is 0 Å². The molecule has 3 N–H and O–H groups in total. The van der Waals surface area contributed by atoms with E-state index in [1.807, 2.05) is 0 Å². The number of benzene rings is 2. The number of nitrogens with zero attached hydrogens (tertiary/aromatic N) is 1. The number of hydrogen-bond acceptors (Lipinski definition) is 5. The van der Waals surface area contributed by atoms with Crippen LogP contribution in [0.2, 0.25) is 5.02 Å². The molecule has 1 aliphatic rings. The molecule has 0 aromatic heterocycles. The van der Waals surface area contributed by atoms with Crippen molar-refractivity contribution in [3.05, 3.63) is 53.1 Å². The van der Waals surface area contributed by atoms with E-state index in [0.717, 1.165) is 31.9 Å². The van der Waals surface area contributed by atoms with Crippen LogP contribution in [-0.4, -0.2) is 44.6 Å². The molecule has 9 heteroatoms. The highest BCUT2D eigenvalue weighted by atomic mass is 35.5. The van der Waals surface area contributed by atoms with E-state index in [1.54, 1.807) is 36.5 Å². The highest BCUT2D eigenvalue weighted by Gasteiger charge is 2.22. The number of rotatable bonds is 6. The lowest BCUT2D eigenvalue weighted by molar-refractivity contribution is 0.238. The predicted octanol–water partition coefficient (Wildman–Crippen LogP) is 4.25. The molecule has 0 saturated heterocycles. The van der Waals surface area contributed by atoms with Crippen molar-refractivity contribution in [3.63, 3.8) is 0 Å². The van der Waals surface area contributed by atoms with Gasteiger partial charge in [0, 0.05) is 41.3 Å². The number of amides is 2. The highest BCUT2D eigenvalue weighted by Crippen LogP contribution is 2.25. The Morgan fingerprint density at radius 1 is 1.16 bits per heavy atom. The third kappa shape index (κ3) is 6.97. The molecule has 31 heavy (non-hydrogen) atoms. The minimum absolute atomic E-state index is 0.0903. The Labute approximate surface area is 187 Å². The molecule has 0 unspecified atom stereocenters. The molecular weight excluding hydrogens is 438 g/mol. The number of carbonyl (C=O) groups excluding carboxylic acids is 1. The van der Waals surface area contributed by atoms with Crippen LogP contribution in [0.3, 0.4) is 0 Å². The van der Waals surface area contributed by atoms with Gasteiger partial charge in [0.1, 0.15) is 5.75 Å². The number of phenolic OH excluding ortho intramolecular Hbond substituents is 1. The van der Waals surface area contributed by atoms with E-state index in [-0.39, 0.29) is 22.7 Å². The maximum Gasteiger partial charge on any atom is 0.319 e. The van der Waals surface area contributed by atoms with Crippen molar-refractivity contribution in [2.24, 2.45) is 10.9 Å². The fourth-order valence-electron chi connectivity index (χ4n) is 3.56. The number of nitrogens with one attached hydrogen (secondary N) is 2. The number of carbonyl (C=O) groups is 1. The molecule has 1 fully saturated rings. The molecule has 166 valence electrons. The lowest BCUT2D eigenvalue weighted by Crippen LogP contribution is -2.40. The van der Waals surface area contributed by atoms with Gasteiger partial charge in [-0.15, -0.1) is 0 Å². The third-order valence-electron chi connectivity index (χ3n) is 5.31. The van der Waals surface area contributed by atoms with Crippen molar-refractivity contribution in [2.75, 3.05) is 18.1 Å². The second kappa shape index (κ2) is 10.2. The number of anilines is 1. The number of urea groups is 1. The summed E-state index contributed by atoms with van der Waals surface area (Å²) in [7, 11) is -3.26. The van der Waals surface area contributed by atoms with Crippen molar-refractivity contribution in [1.29, 1.82) is 0 Å². The number of sulfone groups is 1. The van der Waals surface area contributed by atoms with Crippen molar-refractivity contribution in [3.8, 4) is 5.75 Å². The zero-order chi connectivity index (χ0) is 22.4. The molecule has 3 rings (SSSR count). The van der Waals surface area contributed by atoms with Crippen LogP contribution in [0.5, 0.6) is 5.75 Å². The van der Waals surface area contributed by atoms with Crippen molar-refractivity contribution >= 4 is 39.4 Å². The molecule has 1 aliphatic carbocycles. The maximum atomic E-state index is 12.2. The van der Waals surface area contributed by atoms with Gasteiger partial charge >= 0.3 is 6.03 Å². The predicted molar refractivity (Wildman–Crippen MR) is 123 cm³/mol. The van der Waals surface area contributed by atoms with Crippen LogP contribution in [-0.2, 0) is 9.84 Å². The Bertz CT molecular complexity index is 1050. The molecule has 2 aromatic carbocycles. The van der Waals surface area contributed by atoms with Crippen LogP contribution in [0.1, 0.15) is 31.2 Å². The molecule has 0 heterocycles. The highest BCUT2D eigenvalue weighted by molar-refractivity contribution is 7.90. The van der Waals surface area contributed by atoms with E-state index in [4.69, 9.17) is 11.6 Å². The fourth-order valence-corrected chi connectivity index (χ4v) is 4.37. The Kier molecular flexibility index (Phi) is 7.56. The number of aromatic hydroxyl groups is 1. The van der Waals surface area contributed by atoms with Gasteiger partial charge < -0.3 is 15.7 Å². The molecule has 0 bridgehead atoms. The van der Waals surface area contributed by atoms with E-state index >= 15 is 0 Å². The summed E-state index contributed by atoms with van der Waals surface area (Å²) >= 11 is 5.94. The second-order valence-corrected chi connectivity index (χ2v) is 10.3. The first-order valence-corrected chi connectivity index (χ1v) is 12.3. The summed E-state index contributed by atoms with van der Waals surface area (Å²) in [5, 5.41) is 16.1. The van der Waals surface area contributed by atoms with Crippen LogP contribution in [0, 0.1) is 5.92 Å². The average Bonchev–Trinajstić information content (AvgIpc) is 2.71. The molecule has 0 spiro atoms. The Hall–Kier alpha value is -2.58. The van der Waals surface area contributed by atoms with Crippen molar-refractivity contribution in [2.45, 2.75) is 36.6 Å². The first-order chi connectivity index (χ1) is 14.7. The first kappa shape index (κ1) is 23.1. The molecule has 0 aliphatic heterocycles. The van der Waals surface area contributed by atoms with E-state index in [0.29, 0.717) is 28.7 Å². The van der Waals surface area contributed by atoms with Crippen molar-refractivity contribution < 1.29 is 18.3 Å². The molecule has 2 aromatic rings. The third-order valence-corrected chi connectivity index (χ3v) is 6.67. The SMILES string of the molecule is CS(=O)(=O)c1ccc(NC(=O)NC2CCC(CN=Cc3cc(Cl)ccc3O)CC2)cc1. The number of aliphatic imine (C=N–C) groups is 1. The Morgan fingerprint density at radius 3 is 2.48 bits per heavy atom. The van der Waals surface area contributed by atoms with Crippen molar-refractivity contribution in [1.82, 2.24) is 5.32 Å². The molecule has 0 radical (unpaired) electrons. The molecule has 0 atom stereocenters. The van der Waals surface area contributed by atoms with Crippen LogP contribution >= 0.6 is 11.6 Å². The van der Waals surface area contributed by atoms with Gasteiger partial charge in [-0.05, 0) is 74.1 Å². The quantitative estimate of drug-likeness (QED) is 0.556. The number of phenols is 1. The molecule has 7 nitrogen and oxygen atoms in total.